The van der Waals surface area contributed by atoms with Gasteiger partial charge in [0.05, 0.1) is 12.7 Å². The van der Waals surface area contributed by atoms with Gasteiger partial charge in [-0.05, 0) is 61.7 Å². The Balaban J connectivity index is 0.000000451. The number of ether oxygens (including phenoxy) is 3. The summed E-state index contributed by atoms with van der Waals surface area (Å²) in [6, 6.07) is 16.5. The van der Waals surface area contributed by atoms with Crippen molar-refractivity contribution in [2.75, 3.05) is 6.61 Å². The molecule has 0 amide bonds. The van der Waals surface area contributed by atoms with E-state index in [1.807, 2.05) is 38.1 Å². The van der Waals surface area contributed by atoms with Crippen LogP contribution in [0, 0.1) is 5.92 Å². The van der Waals surface area contributed by atoms with Crippen molar-refractivity contribution in [1.82, 2.24) is 0 Å². The lowest BCUT2D eigenvalue weighted by Gasteiger charge is -2.12. The molecule has 1 saturated heterocycles. The molecule has 1 aliphatic heterocycles. The van der Waals surface area contributed by atoms with E-state index in [4.69, 9.17) is 9.47 Å². The van der Waals surface area contributed by atoms with Crippen molar-refractivity contribution < 1.29 is 19.0 Å². The zero-order valence-electron chi connectivity index (χ0n) is 16.5. The molecule has 3 rings (SSSR count). The fourth-order valence-electron chi connectivity index (χ4n) is 2.18. The predicted octanol–water partition coefficient (Wildman–Crippen LogP) is 5.62. The molecule has 0 spiro atoms. The van der Waals surface area contributed by atoms with Crippen LogP contribution in [0.1, 0.15) is 34.1 Å². The molecular formula is C23H28O4. The summed E-state index contributed by atoms with van der Waals surface area (Å²) in [5, 5.41) is 0. The normalized spacial score (nSPS) is 13.4. The van der Waals surface area contributed by atoms with Gasteiger partial charge in [-0.15, -0.1) is 0 Å². The highest BCUT2D eigenvalue weighted by molar-refractivity contribution is 5.99. The molecule has 2 aromatic rings. The highest BCUT2D eigenvalue weighted by atomic mass is 16.6. The SMILES string of the molecule is C=C1OC1=O.CCC(C)COc1ccc(-c2ccc(OC(C)C)cc2)cc1. The summed E-state index contributed by atoms with van der Waals surface area (Å²) in [4.78, 5) is 9.56. The van der Waals surface area contributed by atoms with Gasteiger partial charge in [-0.25, -0.2) is 4.79 Å². The summed E-state index contributed by atoms with van der Waals surface area (Å²) in [7, 11) is 0. The van der Waals surface area contributed by atoms with Gasteiger partial charge in [0.1, 0.15) is 11.5 Å². The van der Waals surface area contributed by atoms with E-state index >= 15 is 0 Å². The van der Waals surface area contributed by atoms with E-state index in [9.17, 15) is 4.79 Å². The summed E-state index contributed by atoms with van der Waals surface area (Å²) in [6.07, 6.45) is 1.34. The van der Waals surface area contributed by atoms with Crippen LogP contribution in [0.5, 0.6) is 11.5 Å². The number of benzene rings is 2. The molecule has 2 aromatic carbocycles. The average Bonchev–Trinajstić information content (AvgIpc) is 3.32. The Bertz CT molecular complexity index is 733. The van der Waals surface area contributed by atoms with Gasteiger partial charge in [0.25, 0.3) is 0 Å². The molecule has 0 bridgehead atoms. The second-order valence-corrected chi connectivity index (χ2v) is 6.85. The van der Waals surface area contributed by atoms with E-state index in [0.717, 1.165) is 24.5 Å². The molecule has 0 N–H and O–H groups in total. The van der Waals surface area contributed by atoms with Crippen LogP contribution in [0.15, 0.2) is 60.9 Å². The van der Waals surface area contributed by atoms with E-state index in [1.165, 1.54) is 11.1 Å². The van der Waals surface area contributed by atoms with Crippen molar-refractivity contribution in [2.45, 2.75) is 40.2 Å². The average molecular weight is 368 g/mol. The lowest BCUT2D eigenvalue weighted by molar-refractivity contribution is -0.117. The molecule has 0 aromatic heterocycles. The Hall–Kier alpha value is -2.75. The van der Waals surface area contributed by atoms with Crippen LogP contribution in [0.25, 0.3) is 11.1 Å². The van der Waals surface area contributed by atoms with Gasteiger partial charge in [0.15, 0.2) is 0 Å². The zero-order chi connectivity index (χ0) is 19.8. The minimum absolute atomic E-state index is 0.202. The lowest BCUT2D eigenvalue weighted by atomic mass is 10.1. The second-order valence-electron chi connectivity index (χ2n) is 6.85. The van der Waals surface area contributed by atoms with Crippen LogP contribution < -0.4 is 9.47 Å². The molecule has 1 aliphatic rings. The number of hydrogen-bond donors (Lipinski definition) is 0. The highest BCUT2D eigenvalue weighted by Gasteiger charge is 2.26. The number of carbonyl (C=O) groups is 1. The largest absolute Gasteiger partial charge is 0.493 e. The summed E-state index contributed by atoms with van der Waals surface area (Å²) in [5.41, 5.74) is 2.37. The number of hydrogen-bond acceptors (Lipinski definition) is 4. The third kappa shape index (κ3) is 7.18. The molecule has 4 heteroatoms. The summed E-state index contributed by atoms with van der Waals surface area (Å²) in [6.45, 7) is 12.4. The van der Waals surface area contributed by atoms with Crippen LogP contribution in [0.3, 0.4) is 0 Å². The quantitative estimate of drug-likeness (QED) is 0.470. The van der Waals surface area contributed by atoms with Gasteiger partial charge in [-0.2, -0.15) is 0 Å². The predicted molar refractivity (Wildman–Crippen MR) is 108 cm³/mol. The highest BCUT2D eigenvalue weighted by Crippen LogP contribution is 2.25. The lowest BCUT2D eigenvalue weighted by Crippen LogP contribution is -2.06. The van der Waals surface area contributed by atoms with Crippen molar-refractivity contribution in [3.8, 4) is 22.6 Å². The zero-order valence-corrected chi connectivity index (χ0v) is 16.5. The minimum Gasteiger partial charge on any atom is -0.493 e. The first-order valence-electron chi connectivity index (χ1n) is 9.30. The van der Waals surface area contributed by atoms with Crippen LogP contribution in [-0.4, -0.2) is 18.7 Å². The van der Waals surface area contributed by atoms with Crippen molar-refractivity contribution in [3.63, 3.8) is 0 Å². The summed E-state index contributed by atoms with van der Waals surface area (Å²) < 4.78 is 15.5. The molecule has 1 fully saturated rings. The first kappa shape index (κ1) is 20.6. The van der Waals surface area contributed by atoms with Gasteiger partial charge in [-0.1, -0.05) is 44.5 Å². The first-order chi connectivity index (χ1) is 12.9. The van der Waals surface area contributed by atoms with E-state index < -0.39 is 0 Å². The maximum Gasteiger partial charge on any atom is 0.379 e. The Kier molecular flexibility index (Phi) is 7.47. The van der Waals surface area contributed by atoms with Crippen LogP contribution in [0.2, 0.25) is 0 Å². The van der Waals surface area contributed by atoms with E-state index in [1.54, 1.807) is 0 Å². The van der Waals surface area contributed by atoms with Gasteiger partial charge in [-0.3, -0.25) is 0 Å². The van der Waals surface area contributed by atoms with E-state index in [0.29, 0.717) is 5.92 Å². The van der Waals surface area contributed by atoms with Crippen LogP contribution in [-0.2, 0) is 9.53 Å². The molecule has 27 heavy (non-hydrogen) atoms. The Morgan fingerprint density at radius 2 is 1.37 bits per heavy atom. The Labute approximate surface area is 161 Å². The maximum atomic E-state index is 9.56. The molecule has 0 aliphatic carbocycles. The smallest absolute Gasteiger partial charge is 0.379 e. The summed E-state index contributed by atoms with van der Waals surface area (Å²) >= 11 is 0. The molecule has 1 heterocycles. The maximum absolute atomic E-state index is 9.56. The molecule has 1 atom stereocenters. The van der Waals surface area contributed by atoms with Gasteiger partial charge >= 0.3 is 5.97 Å². The third-order valence-electron chi connectivity index (χ3n) is 4.05. The minimum atomic E-state index is -0.273. The molecule has 0 radical (unpaired) electrons. The van der Waals surface area contributed by atoms with Crippen molar-refractivity contribution in [3.05, 3.63) is 60.9 Å². The number of carbonyl (C=O) groups excluding carboxylic acids is 1. The third-order valence-corrected chi connectivity index (χ3v) is 4.05. The van der Waals surface area contributed by atoms with Crippen molar-refractivity contribution in [2.24, 2.45) is 5.92 Å². The number of epoxide rings is 1. The molecule has 4 nitrogen and oxygen atoms in total. The Morgan fingerprint density at radius 1 is 0.926 bits per heavy atom. The molecule has 144 valence electrons. The number of cyclic esters (lactones) is 1. The van der Waals surface area contributed by atoms with Crippen LogP contribution >= 0.6 is 0 Å². The monoisotopic (exact) mass is 368 g/mol. The molecule has 0 saturated carbocycles. The topological polar surface area (TPSA) is 48.1 Å². The first-order valence-corrected chi connectivity index (χ1v) is 9.30. The second kappa shape index (κ2) is 9.81. The Morgan fingerprint density at radius 3 is 1.74 bits per heavy atom. The molecular weight excluding hydrogens is 340 g/mol. The fourth-order valence-corrected chi connectivity index (χ4v) is 2.18. The van der Waals surface area contributed by atoms with E-state index in [-0.39, 0.29) is 17.8 Å². The molecule has 1 unspecified atom stereocenters. The van der Waals surface area contributed by atoms with E-state index in [2.05, 4.69) is 49.4 Å². The van der Waals surface area contributed by atoms with Crippen LogP contribution in [0.4, 0.5) is 0 Å². The van der Waals surface area contributed by atoms with Crippen molar-refractivity contribution in [1.29, 1.82) is 0 Å². The van der Waals surface area contributed by atoms with Gasteiger partial charge in [0, 0.05) is 0 Å². The van der Waals surface area contributed by atoms with Gasteiger partial charge in [0.2, 0.25) is 5.76 Å². The standard InChI is InChI=1S/C20H26O2.C3H2O2/c1-5-16(4)14-21-19-10-6-17(7-11-19)18-8-12-20(13-9-18)22-15(2)3;1-2-3(4)5-2/h6-13,15-16H,5,14H2,1-4H3;1H2. The number of rotatable bonds is 7. The summed E-state index contributed by atoms with van der Waals surface area (Å²) in [5.74, 6) is 2.44. The fraction of sp³-hybridized carbons (Fsp3) is 0.348. The van der Waals surface area contributed by atoms with Crippen molar-refractivity contribution >= 4 is 5.97 Å². The van der Waals surface area contributed by atoms with Gasteiger partial charge < -0.3 is 14.2 Å².